The van der Waals surface area contributed by atoms with Crippen molar-refractivity contribution in [3.8, 4) is 0 Å². The Morgan fingerprint density at radius 1 is 0.653 bits per heavy atom. The highest BCUT2D eigenvalue weighted by Crippen LogP contribution is 2.36. The van der Waals surface area contributed by atoms with Gasteiger partial charge in [0.15, 0.2) is 6.10 Å². The number of allylic oxidation sites excluding steroid dienone is 1. The number of esters is 2. The molecule has 0 aliphatic carbocycles. The van der Waals surface area contributed by atoms with Gasteiger partial charge in [-0.1, -0.05) is 142 Å². The number of hydrogen-bond acceptors (Lipinski definition) is 8. The fourth-order valence-corrected chi connectivity index (χ4v) is 5.91. The summed E-state index contributed by atoms with van der Waals surface area (Å²) in [5.41, 5.74) is 0. The van der Waals surface area contributed by atoms with Crippen LogP contribution in [0.15, 0.2) is 12.2 Å². The zero-order chi connectivity index (χ0) is 36.6. The minimum absolute atomic E-state index is 0.116. The minimum atomic E-state index is -4.79. The highest BCUT2D eigenvalue weighted by atomic mass is 31.2. The van der Waals surface area contributed by atoms with Crippen molar-refractivity contribution < 1.29 is 48.2 Å². The van der Waals surface area contributed by atoms with Crippen LogP contribution in [0.25, 0.3) is 0 Å². The van der Waals surface area contributed by atoms with Crippen molar-refractivity contribution in [3.05, 3.63) is 12.2 Å². The molecule has 0 aromatic heterocycles. The van der Waals surface area contributed by atoms with Crippen molar-refractivity contribution >= 4 is 19.8 Å². The first kappa shape index (κ1) is 47.7. The lowest BCUT2D eigenvalue weighted by Gasteiger charge is -2.18. The van der Waals surface area contributed by atoms with E-state index in [9.17, 15) is 24.4 Å². The van der Waals surface area contributed by atoms with E-state index in [1.807, 2.05) is 6.08 Å². The van der Waals surface area contributed by atoms with Gasteiger partial charge in [0.25, 0.3) is 0 Å². The van der Waals surface area contributed by atoms with Gasteiger partial charge in [0, 0.05) is 12.8 Å². The Labute approximate surface area is 298 Å². The van der Waals surface area contributed by atoms with Gasteiger partial charge in [-0.05, 0) is 44.4 Å². The van der Waals surface area contributed by atoms with Gasteiger partial charge in [0.2, 0.25) is 0 Å². The summed E-state index contributed by atoms with van der Waals surface area (Å²) in [7, 11) is -4.79. The quantitative estimate of drug-likeness (QED) is 0.0215. The van der Waals surface area contributed by atoms with Crippen LogP contribution in [-0.2, 0) is 28.2 Å². The van der Waals surface area contributed by atoms with Crippen LogP contribution in [0.4, 0.5) is 0 Å². The molecule has 0 saturated carbocycles. The number of ether oxygens (including phenoxy) is 2. The van der Waals surface area contributed by atoms with Crippen LogP contribution >= 0.6 is 7.82 Å². The Morgan fingerprint density at radius 3 is 1.73 bits per heavy atom. The van der Waals surface area contributed by atoms with Gasteiger partial charge in [0.1, 0.15) is 6.61 Å². The topological polar surface area (TPSA) is 160 Å². The molecule has 0 amide bonds. The van der Waals surface area contributed by atoms with Crippen LogP contribution in [0, 0.1) is 5.92 Å². The molecule has 0 fully saturated rings. The molecule has 0 aromatic carbocycles. The second-order valence-electron chi connectivity index (χ2n) is 13.8. The summed E-state index contributed by atoms with van der Waals surface area (Å²) in [6, 6.07) is 0. The van der Waals surface area contributed by atoms with Crippen molar-refractivity contribution in [2.45, 2.75) is 200 Å². The van der Waals surface area contributed by atoms with Gasteiger partial charge >= 0.3 is 19.8 Å². The number of unbranched alkanes of at least 4 members (excludes halogenated alkanes) is 16. The first-order chi connectivity index (χ1) is 23.5. The molecule has 4 N–H and O–H groups in total. The molecular weight excluding hydrogens is 647 g/mol. The normalized spacial score (nSPS) is 14.5. The third-order valence-corrected chi connectivity index (χ3v) is 9.51. The van der Waals surface area contributed by atoms with Gasteiger partial charge < -0.3 is 29.5 Å². The van der Waals surface area contributed by atoms with E-state index in [4.69, 9.17) is 19.3 Å². The van der Waals surface area contributed by atoms with Crippen LogP contribution in [0.3, 0.4) is 0 Å². The maximum atomic E-state index is 12.4. The number of phosphoric ester groups is 1. The second-order valence-corrected chi connectivity index (χ2v) is 15.1. The molecule has 0 bridgehead atoms. The first-order valence-electron chi connectivity index (χ1n) is 19.5. The number of rotatable bonds is 35. The molecule has 0 aliphatic heterocycles. The summed E-state index contributed by atoms with van der Waals surface area (Å²) in [6.45, 7) is 5.83. The van der Waals surface area contributed by atoms with E-state index < -0.39 is 44.7 Å². The second kappa shape index (κ2) is 32.6. The van der Waals surface area contributed by atoms with E-state index in [1.165, 1.54) is 64.2 Å². The number of phosphoric acid groups is 1. The van der Waals surface area contributed by atoms with E-state index in [-0.39, 0.29) is 19.4 Å². The Hall–Kier alpha value is -1.29. The summed E-state index contributed by atoms with van der Waals surface area (Å²) < 4.78 is 26.3. The number of hydrogen-bond donors (Lipinski definition) is 4. The van der Waals surface area contributed by atoms with Crippen LogP contribution in [0.2, 0.25) is 0 Å². The fourth-order valence-electron chi connectivity index (χ4n) is 5.55. The largest absolute Gasteiger partial charge is 0.469 e. The maximum Gasteiger partial charge on any atom is 0.469 e. The molecule has 11 heteroatoms. The van der Waals surface area contributed by atoms with E-state index in [0.717, 1.165) is 63.7 Å². The van der Waals surface area contributed by atoms with Crippen LogP contribution in [-0.4, -0.2) is 63.5 Å². The lowest BCUT2D eigenvalue weighted by molar-refractivity contribution is -0.161. The fraction of sp³-hybridized carbons (Fsp3) is 0.895. The number of aliphatic hydroxyl groups is 2. The average molecular weight is 721 g/mol. The molecule has 4 atom stereocenters. The SMILES string of the molecule is CCCCC/C=C\C[C@H](O)[C@@H](O)CCCCCCCC(=O)O[C@H](COC(=O)CCCCCCCCCCCCC(C)CC)COP(=O)(O)O. The molecule has 290 valence electrons. The summed E-state index contributed by atoms with van der Waals surface area (Å²) in [6.07, 6.45) is 25.3. The Bertz CT molecular complexity index is 861. The molecule has 0 radical (unpaired) electrons. The molecule has 0 heterocycles. The standard InChI is InChI=1S/C38H73O10P/c1-4-6-7-8-17-22-27-35(39)36(40)28-23-18-15-20-25-30-38(42)48-34(32-47-49(43,44)45)31-46-37(41)29-24-19-14-12-10-9-11-13-16-21-26-33(3)5-2/h17,22,33-36,39-40H,4-16,18-21,23-32H2,1-3H3,(H2,43,44,45)/b22-17-/t33?,34-,35+,36+/m1/s1. The highest BCUT2D eigenvalue weighted by molar-refractivity contribution is 7.46. The smallest absolute Gasteiger partial charge is 0.462 e. The lowest BCUT2D eigenvalue weighted by Crippen LogP contribution is -2.29. The van der Waals surface area contributed by atoms with E-state index in [0.29, 0.717) is 25.7 Å². The first-order valence-corrected chi connectivity index (χ1v) is 21.1. The van der Waals surface area contributed by atoms with Crippen molar-refractivity contribution in [2.24, 2.45) is 5.92 Å². The highest BCUT2D eigenvalue weighted by Gasteiger charge is 2.23. The zero-order valence-electron chi connectivity index (χ0n) is 31.2. The van der Waals surface area contributed by atoms with Crippen molar-refractivity contribution in [3.63, 3.8) is 0 Å². The Balaban J connectivity index is 4.08. The summed E-state index contributed by atoms with van der Waals surface area (Å²) in [5, 5.41) is 20.3. The monoisotopic (exact) mass is 720 g/mol. The predicted octanol–water partition coefficient (Wildman–Crippen LogP) is 9.26. The lowest BCUT2D eigenvalue weighted by atomic mass is 9.99. The molecule has 0 aromatic rings. The van der Waals surface area contributed by atoms with E-state index in [1.54, 1.807) is 0 Å². The van der Waals surface area contributed by atoms with Gasteiger partial charge in [-0.25, -0.2) is 4.57 Å². The summed E-state index contributed by atoms with van der Waals surface area (Å²) in [5.74, 6) is -0.151. The Morgan fingerprint density at radius 2 is 1.18 bits per heavy atom. The maximum absolute atomic E-state index is 12.4. The van der Waals surface area contributed by atoms with Crippen LogP contribution in [0.5, 0.6) is 0 Å². The van der Waals surface area contributed by atoms with Crippen molar-refractivity contribution in [2.75, 3.05) is 13.2 Å². The molecular formula is C38H73O10P. The molecule has 0 aliphatic rings. The molecule has 49 heavy (non-hydrogen) atoms. The van der Waals surface area contributed by atoms with E-state index in [2.05, 4.69) is 31.4 Å². The Kier molecular flexibility index (Phi) is 31.7. The summed E-state index contributed by atoms with van der Waals surface area (Å²) in [4.78, 5) is 42.7. The van der Waals surface area contributed by atoms with Gasteiger partial charge in [-0.3, -0.25) is 14.1 Å². The van der Waals surface area contributed by atoms with Crippen molar-refractivity contribution in [1.29, 1.82) is 0 Å². The van der Waals surface area contributed by atoms with E-state index >= 15 is 0 Å². The molecule has 0 rings (SSSR count). The molecule has 1 unspecified atom stereocenters. The number of aliphatic hydroxyl groups excluding tert-OH is 2. The number of carbonyl (C=O) groups is 2. The third kappa shape index (κ3) is 33.6. The molecule has 0 spiro atoms. The summed E-state index contributed by atoms with van der Waals surface area (Å²) >= 11 is 0. The van der Waals surface area contributed by atoms with Crippen LogP contribution in [0.1, 0.15) is 181 Å². The third-order valence-electron chi connectivity index (χ3n) is 9.03. The average Bonchev–Trinajstić information content (AvgIpc) is 3.06. The van der Waals surface area contributed by atoms with Gasteiger partial charge in [-0.15, -0.1) is 0 Å². The minimum Gasteiger partial charge on any atom is -0.462 e. The van der Waals surface area contributed by atoms with Gasteiger partial charge in [-0.2, -0.15) is 0 Å². The molecule has 10 nitrogen and oxygen atoms in total. The number of carbonyl (C=O) groups excluding carboxylic acids is 2. The van der Waals surface area contributed by atoms with Gasteiger partial charge in [0.05, 0.1) is 18.8 Å². The van der Waals surface area contributed by atoms with Crippen molar-refractivity contribution in [1.82, 2.24) is 0 Å². The van der Waals surface area contributed by atoms with Crippen LogP contribution < -0.4 is 0 Å². The zero-order valence-corrected chi connectivity index (χ0v) is 32.1. The molecule has 0 saturated heterocycles. The predicted molar refractivity (Wildman–Crippen MR) is 196 cm³/mol.